The van der Waals surface area contributed by atoms with Gasteiger partial charge in [-0.3, -0.25) is 0 Å². The molecule has 0 aromatic rings. The van der Waals surface area contributed by atoms with E-state index in [9.17, 15) is 10.5 Å². The molecule has 0 amide bonds. The Morgan fingerprint density at radius 1 is 1.05 bits per heavy atom. The monoisotopic (exact) mass is 268 g/mol. The van der Waals surface area contributed by atoms with Gasteiger partial charge in [0.25, 0.3) is 0 Å². The SMILES string of the molecule is N#CC1=C(C#N)NC2(CCCCC2)[C@H]2CCCCC2=N1. The molecule has 1 atom stereocenters. The molecule has 0 saturated heterocycles. The molecular formula is C16H20N4. The summed E-state index contributed by atoms with van der Waals surface area (Å²) >= 11 is 0. The molecule has 3 rings (SSSR count). The van der Waals surface area contributed by atoms with Crippen LogP contribution in [-0.4, -0.2) is 11.3 Å². The number of hydrogen-bond donors (Lipinski definition) is 1. The third-order valence-electron chi connectivity index (χ3n) is 5.07. The average molecular weight is 268 g/mol. The highest BCUT2D eigenvalue weighted by Crippen LogP contribution is 2.42. The number of fused-ring (bicyclic) bond motifs is 2. The van der Waals surface area contributed by atoms with Crippen LogP contribution < -0.4 is 5.32 Å². The molecule has 2 fully saturated rings. The quantitative estimate of drug-likeness (QED) is 0.733. The summed E-state index contributed by atoms with van der Waals surface area (Å²) in [5, 5.41) is 22.1. The predicted molar refractivity (Wildman–Crippen MR) is 76.6 cm³/mol. The number of allylic oxidation sites excluding steroid dienone is 2. The Labute approximate surface area is 120 Å². The van der Waals surface area contributed by atoms with E-state index in [1.807, 2.05) is 0 Å². The number of rotatable bonds is 0. The topological polar surface area (TPSA) is 72.0 Å². The highest BCUT2D eigenvalue weighted by molar-refractivity contribution is 5.90. The first-order chi connectivity index (χ1) is 9.79. The molecule has 3 aliphatic rings. The number of nitrogens with zero attached hydrogens (tertiary/aromatic N) is 3. The second-order valence-electron chi connectivity index (χ2n) is 6.19. The van der Waals surface area contributed by atoms with Gasteiger partial charge in [-0.05, 0) is 32.1 Å². The van der Waals surface area contributed by atoms with Gasteiger partial charge in [-0.1, -0.05) is 25.7 Å². The first-order valence-electron chi connectivity index (χ1n) is 7.69. The lowest BCUT2D eigenvalue weighted by Crippen LogP contribution is -2.54. The van der Waals surface area contributed by atoms with Crippen molar-refractivity contribution in [3.05, 3.63) is 11.4 Å². The summed E-state index contributed by atoms with van der Waals surface area (Å²) in [6, 6.07) is 4.27. The van der Waals surface area contributed by atoms with E-state index in [4.69, 9.17) is 0 Å². The highest BCUT2D eigenvalue weighted by Gasteiger charge is 2.45. The van der Waals surface area contributed by atoms with Crippen molar-refractivity contribution < 1.29 is 0 Å². The Kier molecular flexibility index (Phi) is 3.49. The summed E-state index contributed by atoms with van der Waals surface area (Å²) in [6.07, 6.45) is 10.4. The maximum absolute atomic E-state index is 9.37. The van der Waals surface area contributed by atoms with Crippen molar-refractivity contribution in [3.63, 3.8) is 0 Å². The normalized spacial score (nSPS) is 28.5. The Morgan fingerprint density at radius 2 is 1.85 bits per heavy atom. The average Bonchev–Trinajstić information content (AvgIpc) is 2.63. The van der Waals surface area contributed by atoms with Crippen LogP contribution in [0, 0.1) is 28.6 Å². The first kappa shape index (κ1) is 13.2. The van der Waals surface area contributed by atoms with Gasteiger partial charge < -0.3 is 5.32 Å². The summed E-state index contributed by atoms with van der Waals surface area (Å²) in [5.41, 5.74) is 1.81. The molecule has 4 heteroatoms. The van der Waals surface area contributed by atoms with Crippen molar-refractivity contribution in [3.8, 4) is 12.1 Å². The summed E-state index contributed by atoms with van der Waals surface area (Å²) in [7, 11) is 0. The molecule has 2 saturated carbocycles. The maximum Gasteiger partial charge on any atom is 0.174 e. The Morgan fingerprint density at radius 3 is 2.55 bits per heavy atom. The Balaban J connectivity index is 2.07. The molecule has 0 aromatic heterocycles. The predicted octanol–water partition coefficient (Wildman–Crippen LogP) is 3.18. The van der Waals surface area contributed by atoms with Gasteiger partial charge in [0.05, 0.1) is 0 Å². The molecule has 1 aliphatic heterocycles. The van der Waals surface area contributed by atoms with Crippen LogP contribution in [0.4, 0.5) is 0 Å². The molecule has 0 radical (unpaired) electrons. The van der Waals surface area contributed by atoms with Crippen LogP contribution in [0.15, 0.2) is 16.4 Å². The number of nitrogens with one attached hydrogen (secondary N) is 1. The second-order valence-corrected chi connectivity index (χ2v) is 6.19. The van der Waals surface area contributed by atoms with E-state index in [0.29, 0.717) is 11.6 Å². The summed E-state index contributed by atoms with van der Waals surface area (Å²) in [5.74, 6) is 0.408. The van der Waals surface area contributed by atoms with E-state index >= 15 is 0 Å². The van der Waals surface area contributed by atoms with E-state index in [0.717, 1.165) is 37.8 Å². The molecule has 0 aromatic carbocycles. The number of hydrogen-bond acceptors (Lipinski definition) is 4. The fourth-order valence-corrected chi connectivity index (χ4v) is 4.14. The molecule has 0 unspecified atom stereocenters. The fourth-order valence-electron chi connectivity index (χ4n) is 4.14. The Hall–Kier alpha value is -1.81. The third-order valence-corrected chi connectivity index (χ3v) is 5.07. The zero-order chi connectivity index (χ0) is 14.0. The lowest BCUT2D eigenvalue weighted by molar-refractivity contribution is 0.186. The van der Waals surface area contributed by atoms with E-state index in [-0.39, 0.29) is 11.2 Å². The lowest BCUT2D eigenvalue weighted by Gasteiger charge is -2.45. The standard InChI is InChI=1S/C16H20N4/c17-10-14-15(11-18)20-16(8-4-1-5-9-16)12-6-2-3-7-13(12)19-14/h12,20H,1-9H2/t12-/m0/s1. The fraction of sp³-hybridized carbons (Fsp3) is 0.688. The van der Waals surface area contributed by atoms with Crippen LogP contribution in [0.5, 0.6) is 0 Å². The van der Waals surface area contributed by atoms with Gasteiger partial charge in [-0.15, -0.1) is 0 Å². The molecular weight excluding hydrogens is 248 g/mol. The van der Waals surface area contributed by atoms with Gasteiger partial charge in [-0.25, -0.2) is 4.99 Å². The van der Waals surface area contributed by atoms with Gasteiger partial charge >= 0.3 is 0 Å². The van der Waals surface area contributed by atoms with Crippen molar-refractivity contribution in [2.45, 2.75) is 63.3 Å². The van der Waals surface area contributed by atoms with Crippen molar-refractivity contribution in [2.75, 3.05) is 0 Å². The van der Waals surface area contributed by atoms with E-state index in [1.54, 1.807) is 0 Å². The molecule has 1 spiro atoms. The van der Waals surface area contributed by atoms with Gasteiger partial charge in [0, 0.05) is 17.2 Å². The van der Waals surface area contributed by atoms with E-state index in [2.05, 4.69) is 22.4 Å². The van der Waals surface area contributed by atoms with Gasteiger partial charge in [0.2, 0.25) is 0 Å². The van der Waals surface area contributed by atoms with E-state index < -0.39 is 0 Å². The van der Waals surface area contributed by atoms with Gasteiger partial charge in [-0.2, -0.15) is 10.5 Å². The molecule has 1 heterocycles. The summed E-state index contributed by atoms with van der Waals surface area (Å²) in [6.45, 7) is 0. The van der Waals surface area contributed by atoms with Crippen LogP contribution in [0.3, 0.4) is 0 Å². The van der Waals surface area contributed by atoms with Crippen LogP contribution in [-0.2, 0) is 0 Å². The third kappa shape index (κ3) is 2.10. The molecule has 104 valence electrons. The minimum atomic E-state index is -0.0266. The van der Waals surface area contributed by atoms with Gasteiger partial charge in [0.15, 0.2) is 11.4 Å². The first-order valence-corrected chi connectivity index (χ1v) is 7.69. The van der Waals surface area contributed by atoms with Gasteiger partial charge in [0.1, 0.15) is 12.1 Å². The second kappa shape index (κ2) is 5.29. The summed E-state index contributed by atoms with van der Waals surface area (Å²) in [4.78, 5) is 4.57. The molecule has 20 heavy (non-hydrogen) atoms. The lowest BCUT2D eigenvalue weighted by atomic mass is 9.66. The van der Waals surface area contributed by atoms with Crippen LogP contribution >= 0.6 is 0 Å². The maximum atomic E-state index is 9.37. The van der Waals surface area contributed by atoms with Crippen molar-refractivity contribution in [2.24, 2.45) is 10.9 Å². The smallest absolute Gasteiger partial charge is 0.174 e. The van der Waals surface area contributed by atoms with Crippen molar-refractivity contribution in [1.29, 1.82) is 10.5 Å². The minimum absolute atomic E-state index is 0.0266. The van der Waals surface area contributed by atoms with E-state index in [1.165, 1.54) is 25.7 Å². The zero-order valence-electron chi connectivity index (χ0n) is 11.8. The van der Waals surface area contributed by atoms with Crippen molar-refractivity contribution in [1.82, 2.24) is 5.32 Å². The van der Waals surface area contributed by atoms with Crippen molar-refractivity contribution >= 4 is 5.71 Å². The molecule has 4 nitrogen and oxygen atoms in total. The molecule has 0 bridgehead atoms. The van der Waals surface area contributed by atoms with Crippen LogP contribution in [0.2, 0.25) is 0 Å². The highest BCUT2D eigenvalue weighted by atomic mass is 15.0. The summed E-state index contributed by atoms with van der Waals surface area (Å²) < 4.78 is 0. The Bertz CT molecular complexity index is 538. The molecule has 2 aliphatic carbocycles. The van der Waals surface area contributed by atoms with Crippen LogP contribution in [0.1, 0.15) is 57.8 Å². The minimum Gasteiger partial charge on any atom is -0.368 e. The largest absolute Gasteiger partial charge is 0.368 e. The zero-order valence-corrected chi connectivity index (χ0v) is 11.8. The van der Waals surface area contributed by atoms with Crippen LogP contribution in [0.25, 0.3) is 0 Å². The number of aliphatic imine (C=N–C) groups is 1. The molecule has 1 N–H and O–H groups in total. The number of nitriles is 2.